The minimum atomic E-state index is -0.516. The predicted octanol–water partition coefficient (Wildman–Crippen LogP) is 0.671. The van der Waals surface area contributed by atoms with E-state index in [1.807, 2.05) is 0 Å². The fraction of sp³-hybridized carbons (Fsp3) is 0.500. The van der Waals surface area contributed by atoms with Gasteiger partial charge in [0.15, 0.2) is 0 Å². The summed E-state index contributed by atoms with van der Waals surface area (Å²) in [7, 11) is 1.59. The molecule has 0 amide bonds. The molecule has 6 nitrogen and oxygen atoms in total. The molecule has 2 N–H and O–H groups in total. The molecule has 6 heteroatoms. The van der Waals surface area contributed by atoms with E-state index in [2.05, 4.69) is 0 Å². The summed E-state index contributed by atoms with van der Waals surface area (Å²) in [6.45, 7) is 0.591. The molecular weight excluding hydrogens is 214 g/mol. The van der Waals surface area contributed by atoms with Gasteiger partial charge in [-0.3, -0.25) is 0 Å². The van der Waals surface area contributed by atoms with E-state index in [9.17, 15) is 15.0 Å². The average Bonchev–Trinajstić information content (AvgIpc) is 2.56. The zero-order valence-corrected chi connectivity index (χ0v) is 9.05. The molecule has 0 atom stereocenters. The molecule has 0 spiro atoms. The summed E-state index contributed by atoms with van der Waals surface area (Å²) < 4.78 is 5.51. The first-order chi connectivity index (χ1) is 7.65. The van der Waals surface area contributed by atoms with E-state index >= 15 is 0 Å². The Hall–Kier alpha value is -1.69. The van der Waals surface area contributed by atoms with Crippen LogP contribution in [0.1, 0.15) is 19.3 Å². The van der Waals surface area contributed by atoms with Crippen molar-refractivity contribution in [1.82, 2.24) is 4.73 Å². The summed E-state index contributed by atoms with van der Waals surface area (Å²) in [5.41, 5.74) is 0. The van der Waals surface area contributed by atoms with Gasteiger partial charge in [0, 0.05) is 32.3 Å². The number of rotatable bonds is 6. The third kappa shape index (κ3) is 3.47. The standard InChI is InChI=1S/C10H15NO5/c1-15-7-3-2-4-10(14)16-11-8(12)5-6-9(11)13/h5-6,12-13H,2-4,7H2,1H3. The van der Waals surface area contributed by atoms with E-state index in [1.54, 1.807) is 7.11 Å². The second-order valence-electron chi connectivity index (χ2n) is 3.26. The van der Waals surface area contributed by atoms with Gasteiger partial charge in [-0.2, -0.15) is 0 Å². The Morgan fingerprint density at radius 3 is 2.50 bits per heavy atom. The highest BCUT2D eigenvalue weighted by atomic mass is 16.7. The number of carbonyl (C=O) groups excluding carboxylic acids is 1. The van der Waals surface area contributed by atoms with Crippen molar-refractivity contribution in [2.75, 3.05) is 13.7 Å². The molecule has 16 heavy (non-hydrogen) atoms. The molecule has 0 aliphatic rings. The highest BCUT2D eigenvalue weighted by molar-refractivity contribution is 5.69. The van der Waals surface area contributed by atoms with Gasteiger partial charge in [-0.05, 0) is 12.8 Å². The number of carbonyl (C=O) groups is 1. The summed E-state index contributed by atoms with van der Waals surface area (Å²) in [6.07, 6.45) is 1.60. The maximum atomic E-state index is 11.3. The van der Waals surface area contributed by atoms with Crippen LogP contribution in [-0.4, -0.2) is 34.6 Å². The number of methoxy groups -OCH3 is 1. The minimum absolute atomic E-state index is 0.209. The Morgan fingerprint density at radius 1 is 1.31 bits per heavy atom. The van der Waals surface area contributed by atoms with E-state index in [0.29, 0.717) is 17.8 Å². The number of ether oxygens (including phenoxy) is 1. The van der Waals surface area contributed by atoms with Crippen LogP contribution in [0.25, 0.3) is 0 Å². The van der Waals surface area contributed by atoms with Gasteiger partial charge in [-0.15, -0.1) is 4.73 Å². The van der Waals surface area contributed by atoms with Crippen molar-refractivity contribution >= 4 is 5.97 Å². The third-order valence-corrected chi connectivity index (χ3v) is 1.97. The van der Waals surface area contributed by atoms with Gasteiger partial charge in [0.1, 0.15) is 0 Å². The molecule has 0 aliphatic heterocycles. The van der Waals surface area contributed by atoms with Crippen molar-refractivity contribution in [1.29, 1.82) is 0 Å². The molecule has 0 fully saturated rings. The van der Waals surface area contributed by atoms with E-state index in [1.165, 1.54) is 12.1 Å². The van der Waals surface area contributed by atoms with Crippen LogP contribution in [0.15, 0.2) is 12.1 Å². The molecule has 0 unspecified atom stereocenters. The van der Waals surface area contributed by atoms with Gasteiger partial charge in [0.2, 0.25) is 11.8 Å². The van der Waals surface area contributed by atoms with Crippen LogP contribution in [-0.2, 0) is 9.53 Å². The summed E-state index contributed by atoms with van der Waals surface area (Å²) >= 11 is 0. The van der Waals surface area contributed by atoms with Crippen molar-refractivity contribution < 1.29 is 24.6 Å². The molecule has 0 aromatic carbocycles. The Balaban J connectivity index is 2.34. The summed E-state index contributed by atoms with van der Waals surface area (Å²) in [5, 5.41) is 18.4. The van der Waals surface area contributed by atoms with Gasteiger partial charge >= 0.3 is 5.97 Å². The number of unbranched alkanes of at least 4 members (excludes halogenated alkanes) is 1. The molecule has 0 aliphatic carbocycles. The SMILES string of the molecule is COCCCCC(=O)On1c(O)ccc1O. The topological polar surface area (TPSA) is 80.9 Å². The van der Waals surface area contributed by atoms with E-state index in [4.69, 9.17) is 9.57 Å². The number of aromatic nitrogens is 1. The van der Waals surface area contributed by atoms with E-state index < -0.39 is 5.97 Å². The normalized spacial score (nSPS) is 10.3. The fourth-order valence-corrected chi connectivity index (χ4v) is 1.16. The lowest BCUT2D eigenvalue weighted by Crippen LogP contribution is -2.18. The molecule has 0 saturated carbocycles. The van der Waals surface area contributed by atoms with Crippen molar-refractivity contribution in [3.05, 3.63) is 12.1 Å². The number of hydrogen-bond donors (Lipinski definition) is 2. The Bertz CT molecular complexity index is 327. The van der Waals surface area contributed by atoms with Gasteiger partial charge in [0.05, 0.1) is 0 Å². The van der Waals surface area contributed by atoms with Gasteiger partial charge in [-0.1, -0.05) is 0 Å². The summed E-state index contributed by atoms with van der Waals surface area (Å²) in [4.78, 5) is 16.0. The molecular formula is C10H15NO5. The van der Waals surface area contributed by atoms with Gasteiger partial charge < -0.3 is 19.8 Å². The van der Waals surface area contributed by atoms with Crippen LogP contribution in [0, 0.1) is 0 Å². The van der Waals surface area contributed by atoms with E-state index in [-0.39, 0.29) is 18.2 Å². The Labute approximate surface area is 93.0 Å². The maximum Gasteiger partial charge on any atom is 0.333 e. The lowest BCUT2D eigenvalue weighted by atomic mass is 10.2. The Kier molecular flexibility index (Phi) is 4.65. The van der Waals surface area contributed by atoms with Gasteiger partial charge in [0.25, 0.3) is 0 Å². The van der Waals surface area contributed by atoms with Crippen molar-refractivity contribution in [3.63, 3.8) is 0 Å². The number of hydrogen-bond acceptors (Lipinski definition) is 5. The first-order valence-corrected chi connectivity index (χ1v) is 4.95. The number of nitrogens with zero attached hydrogens (tertiary/aromatic N) is 1. The summed E-state index contributed by atoms with van der Waals surface area (Å²) in [5.74, 6) is -1.15. The smallest absolute Gasteiger partial charge is 0.333 e. The minimum Gasteiger partial charge on any atom is -0.492 e. The first-order valence-electron chi connectivity index (χ1n) is 4.95. The van der Waals surface area contributed by atoms with Crippen LogP contribution in [0.3, 0.4) is 0 Å². The summed E-state index contributed by atoms with van der Waals surface area (Å²) in [6, 6.07) is 2.46. The first kappa shape index (κ1) is 12.4. The van der Waals surface area contributed by atoms with Crippen molar-refractivity contribution in [2.24, 2.45) is 0 Å². The molecule has 0 bridgehead atoms. The van der Waals surface area contributed by atoms with Crippen LogP contribution < -0.4 is 4.84 Å². The maximum absolute atomic E-state index is 11.3. The monoisotopic (exact) mass is 229 g/mol. The molecule has 90 valence electrons. The van der Waals surface area contributed by atoms with Gasteiger partial charge in [-0.25, -0.2) is 4.79 Å². The zero-order chi connectivity index (χ0) is 12.0. The fourth-order valence-electron chi connectivity index (χ4n) is 1.16. The largest absolute Gasteiger partial charge is 0.492 e. The quantitative estimate of drug-likeness (QED) is 0.701. The van der Waals surface area contributed by atoms with Crippen molar-refractivity contribution in [2.45, 2.75) is 19.3 Å². The second kappa shape index (κ2) is 6.02. The highest BCUT2D eigenvalue weighted by Crippen LogP contribution is 2.18. The highest BCUT2D eigenvalue weighted by Gasteiger charge is 2.11. The predicted molar refractivity (Wildman–Crippen MR) is 55.1 cm³/mol. The molecule has 0 radical (unpaired) electrons. The van der Waals surface area contributed by atoms with Crippen LogP contribution in [0.2, 0.25) is 0 Å². The molecule has 1 heterocycles. The molecule has 1 rings (SSSR count). The average molecular weight is 229 g/mol. The molecule has 1 aromatic rings. The van der Waals surface area contributed by atoms with Crippen LogP contribution in [0.4, 0.5) is 0 Å². The van der Waals surface area contributed by atoms with Crippen molar-refractivity contribution in [3.8, 4) is 11.8 Å². The number of aromatic hydroxyl groups is 2. The zero-order valence-electron chi connectivity index (χ0n) is 9.05. The van der Waals surface area contributed by atoms with Crippen LogP contribution in [0.5, 0.6) is 11.8 Å². The second-order valence-corrected chi connectivity index (χ2v) is 3.26. The van der Waals surface area contributed by atoms with Crippen LogP contribution >= 0.6 is 0 Å². The lowest BCUT2D eigenvalue weighted by Gasteiger charge is -2.06. The lowest BCUT2D eigenvalue weighted by molar-refractivity contribution is -0.145. The Morgan fingerprint density at radius 2 is 1.94 bits per heavy atom. The molecule has 0 saturated heterocycles. The molecule has 1 aromatic heterocycles. The van der Waals surface area contributed by atoms with E-state index in [0.717, 1.165) is 6.42 Å². The third-order valence-electron chi connectivity index (χ3n) is 1.97.